The van der Waals surface area contributed by atoms with Gasteiger partial charge in [-0.1, -0.05) is 6.07 Å². The lowest BCUT2D eigenvalue weighted by atomic mass is 10.2. The van der Waals surface area contributed by atoms with E-state index in [4.69, 9.17) is 9.94 Å². The van der Waals surface area contributed by atoms with Gasteiger partial charge >= 0.3 is 0 Å². The molecular weight excluding hydrogens is 351 g/mol. The highest BCUT2D eigenvalue weighted by Gasteiger charge is 2.33. The van der Waals surface area contributed by atoms with Crippen molar-refractivity contribution in [3.63, 3.8) is 0 Å². The molecule has 0 aliphatic carbocycles. The number of nitrogens with one attached hydrogen (secondary N) is 1. The lowest BCUT2D eigenvalue weighted by molar-refractivity contribution is -0.129. The fraction of sp³-hybridized carbons (Fsp3) is 0.188. The maximum absolute atomic E-state index is 13.6. The summed E-state index contributed by atoms with van der Waals surface area (Å²) in [5, 5.41) is 8.85. The van der Waals surface area contributed by atoms with Gasteiger partial charge in [-0.3, -0.25) is 14.3 Å². The second kappa shape index (κ2) is 7.49. The Morgan fingerprint density at radius 2 is 1.88 bits per heavy atom. The molecule has 0 aliphatic heterocycles. The molecule has 0 heterocycles. The van der Waals surface area contributed by atoms with Crippen molar-refractivity contribution in [1.82, 2.24) is 5.48 Å². The molecule has 1 amide bonds. The monoisotopic (exact) mass is 368 g/mol. The van der Waals surface area contributed by atoms with Crippen LogP contribution in [0.2, 0.25) is 0 Å². The summed E-state index contributed by atoms with van der Waals surface area (Å²) in [5.41, 5.74) is 1.36. The number of hydrogen-bond acceptors (Lipinski definition) is 5. The molecule has 1 atom stereocenters. The lowest BCUT2D eigenvalue weighted by Crippen LogP contribution is -2.47. The van der Waals surface area contributed by atoms with Crippen molar-refractivity contribution in [2.75, 3.05) is 11.4 Å². The van der Waals surface area contributed by atoms with Gasteiger partial charge in [0, 0.05) is 0 Å². The Kier molecular flexibility index (Phi) is 5.60. The topological polar surface area (TPSA) is 95.9 Å². The zero-order valence-corrected chi connectivity index (χ0v) is 14.3. The largest absolute Gasteiger partial charge is 0.497 e. The molecule has 7 nitrogen and oxygen atoms in total. The molecule has 0 spiro atoms. The molecule has 2 aromatic rings. The summed E-state index contributed by atoms with van der Waals surface area (Å²) in [5.74, 6) is -1.16. The van der Waals surface area contributed by atoms with Crippen molar-refractivity contribution in [3.8, 4) is 5.75 Å². The number of anilines is 1. The van der Waals surface area contributed by atoms with E-state index in [-0.39, 0.29) is 10.6 Å². The predicted molar refractivity (Wildman–Crippen MR) is 88.5 cm³/mol. The van der Waals surface area contributed by atoms with Crippen LogP contribution in [0, 0.1) is 5.82 Å². The van der Waals surface area contributed by atoms with Crippen molar-refractivity contribution in [2.24, 2.45) is 0 Å². The van der Waals surface area contributed by atoms with Crippen LogP contribution >= 0.6 is 0 Å². The highest BCUT2D eigenvalue weighted by molar-refractivity contribution is 7.92. The Morgan fingerprint density at radius 3 is 2.40 bits per heavy atom. The first kappa shape index (κ1) is 18.7. The number of methoxy groups -OCH3 is 1. The van der Waals surface area contributed by atoms with Gasteiger partial charge in [0.2, 0.25) is 0 Å². The third-order valence-electron chi connectivity index (χ3n) is 3.52. The van der Waals surface area contributed by atoms with Crippen LogP contribution in [0.3, 0.4) is 0 Å². The third kappa shape index (κ3) is 3.89. The Bertz CT molecular complexity index is 855. The molecule has 0 aliphatic rings. The number of carbonyl (C=O) groups is 1. The summed E-state index contributed by atoms with van der Waals surface area (Å²) in [6.07, 6.45) is 0. The molecular formula is C16H17FN2O5S. The molecule has 25 heavy (non-hydrogen) atoms. The van der Waals surface area contributed by atoms with Crippen LogP contribution in [0.1, 0.15) is 6.92 Å². The van der Waals surface area contributed by atoms with E-state index >= 15 is 0 Å². The van der Waals surface area contributed by atoms with Crippen molar-refractivity contribution in [3.05, 3.63) is 54.3 Å². The maximum Gasteiger partial charge on any atom is 0.266 e. The minimum absolute atomic E-state index is 0.0491. The van der Waals surface area contributed by atoms with E-state index in [0.717, 1.165) is 16.4 Å². The van der Waals surface area contributed by atoms with Crippen LogP contribution < -0.4 is 14.5 Å². The van der Waals surface area contributed by atoms with E-state index in [9.17, 15) is 17.6 Å². The summed E-state index contributed by atoms with van der Waals surface area (Å²) in [4.78, 5) is 11.7. The van der Waals surface area contributed by atoms with Gasteiger partial charge in [-0.2, -0.15) is 0 Å². The van der Waals surface area contributed by atoms with Crippen LogP contribution in [-0.2, 0) is 14.8 Å². The molecule has 0 fully saturated rings. The summed E-state index contributed by atoms with van der Waals surface area (Å²) in [6.45, 7) is 1.28. The summed E-state index contributed by atoms with van der Waals surface area (Å²) >= 11 is 0. The number of ether oxygens (including phenoxy) is 1. The van der Waals surface area contributed by atoms with Crippen molar-refractivity contribution >= 4 is 21.6 Å². The van der Waals surface area contributed by atoms with Crippen LogP contribution in [0.5, 0.6) is 5.75 Å². The lowest BCUT2D eigenvalue weighted by Gasteiger charge is -2.29. The molecule has 1 unspecified atom stereocenters. The van der Waals surface area contributed by atoms with Crippen molar-refractivity contribution in [1.29, 1.82) is 0 Å². The minimum atomic E-state index is -4.21. The molecule has 9 heteroatoms. The first-order valence-electron chi connectivity index (χ1n) is 7.19. The highest BCUT2D eigenvalue weighted by atomic mass is 32.2. The number of nitrogens with zero attached hydrogens (tertiary/aromatic N) is 1. The molecule has 0 radical (unpaired) electrons. The Labute approximate surface area is 144 Å². The Balaban J connectivity index is 2.58. The molecule has 0 saturated carbocycles. The van der Waals surface area contributed by atoms with Crippen LogP contribution in [-0.4, -0.2) is 32.7 Å². The van der Waals surface area contributed by atoms with Crippen LogP contribution in [0.25, 0.3) is 0 Å². The zero-order chi connectivity index (χ0) is 18.6. The minimum Gasteiger partial charge on any atom is -0.497 e. The van der Waals surface area contributed by atoms with E-state index in [1.165, 1.54) is 55.9 Å². The fourth-order valence-electron chi connectivity index (χ4n) is 2.24. The van der Waals surface area contributed by atoms with Gasteiger partial charge in [0.05, 0.1) is 17.7 Å². The average molecular weight is 368 g/mol. The van der Waals surface area contributed by atoms with Crippen LogP contribution in [0.15, 0.2) is 53.4 Å². The maximum atomic E-state index is 13.6. The summed E-state index contributed by atoms with van der Waals surface area (Å²) < 4.78 is 45.3. The SMILES string of the molecule is COc1ccc(S(=O)(=O)N(c2cccc(F)c2)C(C)C(=O)NO)cc1. The number of rotatable bonds is 6. The van der Waals surface area contributed by atoms with E-state index in [1.807, 2.05) is 0 Å². The smallest absolute Gasteiger partial charge is 0.266 e. The normalized spacial score (nSPS) is 12.3. The number of hydroxylamine groups is 1. The molecule has 2 rings (SSSR count). The predicted octanol–water partition coefficient (Wildman–Crippen LogP) is 1.92. The van der Waals surface area contributed by atoms with E-state index in [1.54, 1.807) is 0 Å². The quantitative estimate of drug-likeness (QED) is 0.600. The molecule has 2 aromatic carbocycles. The number of sulfonamides is 1. The molecule has 134 valence electrons. The standard InChI is InChI=1S/C16H17FN2O5S/c1-11(16(20)18-21)19(13-5-3-4-12(17)10-13)25(22,23)15-8-6-14(24-2)7-9-15/h3-11,21H,1-2H3,(H,18,20). The van der Waals surface area contributed by atoms with Crippen molar-refractivity contribution < 1.29 is 27.5 Å². The summed E-state index contributed by atoms with van der Waals surface area (Å²) in [6, 6.07) is 9.02. The van der Waals surface area contributed by atoms with E-state index in [0.29, 0.717) is 5.75 Å². The number of hydrogen-bond donors (Lipinski definition) is 2. The third-order valence-corrected chi connectivity index (χ3v) is 5.43. The van der Waals surface area contributed by atoms with E-state index in [2.05, 4.69) is 0 Å². The number of carbonyl (C=O) groups excluding carboxylic acids is 1. The average Bonchev–Trinajstić information content (AvgIpc) is 2.61. The number of halogens is 1. The van der Waals surface area contributed by atoms with Gasteiger partial charge in [-0.05, 0) is 49.4 Å². The van der Waals surface area contributed by atoms with Gasteiger partial charge in [-0.15, -0.1) is 0 Å². The number of benzene rings is 2. The van der Waals surface area contributed by atoms with Gasteiger partial charge in [0.15, 0.2) is 0 Å². The number of amides is 1. The first-order valence-corrected chi connectivity index (χ1v) is 8.63. The zero-order valence-electron chi connectivity index (χ0n) is 13.5. The molecule has 0 aromatic heterocycles. The van der Waals surface area contributed by atoms with Gasteiger partial charge in [0.25, 0.3) is 15.9 Å². The second-order valence-electron chi connectivity index (χ2n) is 5.11. The Morgan fingerprint density at radius 1 is 1.24 bits per heavy atom. The summed E-state index contributed by atoms with van der Waals surface area (Å²) in [7, 11) is -2.77. The van der Waals surface area contributed by atoms with Gasteiger partial charge in [-0.25, -0.2) is 18.3 Å². The first-order chi connectivity index (χ1) is 11.8. The van der Waals surface area contributed by atoms with Crippen LogP contribution in [0.4, 0.5) is 10.1 Å². The van der Waals surface area contributed by atoms with E-state index < -0.39 is 27.8 Å². The van der Waals surface area contributed by atoms with Gasteiger partial charge in [0.1, 0.15) is 17.6 Å². The highest BCUT2D eigenvalue weighted by Crippen LogP contribution is 2.28. The second-order valence-corrected chi connectivity index (χ2v) is 6.92. The van der Waals surface area contributed by atoms with Crippen molar-refractivity contribution in [2.45, 2.75) is 17.9 Å². The Hall–Kier alpha value is -2.65. The molecule has 0 saturated heterocycles. The molecule has 2 N–H and O–H groups in total. The van der Waals surface area contributed by atoms with Gasteiger partial charge < -0.3 is 4.74 Å². The molecule has 0 bridgehead atoms. The fourth-order valence-corrected chi connectivity index (χ4v) is 3.86.